The number of rotatable bonds is 3. The highest BCUT2D eigenvalue weighted by atomic mass is 16.6. The number of hydrazine groups is 1. The molecule has 0 aliphatic carbocycles. The summed E-state index contributed by atoms with van der Waals surface area (Å²) in [5.41, 5.74) is 3.33. The van der Waals surface area contributed by atoms with Crippen LogP contribution < -0.4 is 9.64 Å². The van der Waals surface area contributed by atoms with Crippen LogP contribution in [0.5, 0.6) is 5.75 Å². The number of hydrogen-bond donors (Lipinski definition) is 0. The van der Waals surface area contributed by atoms with Gasteiger partial charge >= 0.3 is 0 Å². The number of non-ortho nitro benzene ring substituents is 1. The number of benzene rings is 2. The lowest BCUT2D eigenvalue weighted by Gasteiger charge is -2.47. The minimum absolute atomic E-state index is 0.0308. The molecule has 0 aromatic heterocycles. The number of carbonyl (C=O) groups is 1. The fraction of sp³-hybridized carbons (Fsp3) is 0.348. The molecule has 5 rings (SSSR count). The van der Waals surface area contributed by atoms with E-state index in [9.17, 15) is 14.9 Å². The first-order valence-corrected chi connectivity index (χ1v) is 10.3. The highest BCUT2D eigenvalue weighted by Crippen LogP contribution is 2.50. The molecule has 1 fully saturated rings. The van der Waals surface area contributed by atoms with Crippen molar-refractivity contribution < 1.29 is 14.5 Å². The van der Waals surface area contributed by atoms with E-state index >= 15 is 0 Å². The summed E-state index contributed by atoms with van der Waals surface area (Å²) in [4.78, 5) is 24.7. The van der Waals surface area contributed by atoms with Crippen LogP contribution in [0.1, 0.15) is 42.7 Å². The Morgan fingerprint density at radius 3 is 2.58 bits per heavy atom. The molecule has 1 atom stereocenters. The number of ketones is 1. The molecular weight excluding hydrogens is 396 g/mol. The standard InChI is InChI=1S/C23H24N4O4/c1-15(28)16-4-6-17(7-5-16)24-13-25-11-10-20-22(26(25)14-24)19-9-8-18(27(29)30)12-21(19)31-23(20,2)3/h4-10,12,22H,11,13-14H2,1-3H3. The first-order valence-electron chi connectivity index (χ1n) is 10.3. The van der Waals surface area contributed by atoms with Gasteiger partial charge in [-0.2, -0.15) is 0 Å². The maximum atomic E-state index is 11.6. The molecule has 0 bridgehead atoms. The zero-order chi connectivity index (χ0) is 21.9. The third-order valence-electron chi connectivity index (χ3n) is 6.33. The van der Waals surface area contributed by atoms with E-state index in [1.165, 1.54) is 11.6 Å². The average Bonchev–Trinajstić information content (AvgIpc) is 3.17. The smallest absolute Gasteiger partial charge is 0.273 e. The Labute approximate surface area is 180 Å². The van der Waals surface area contributed by atoms with Crippen molar-refractivity contribution in [3.05, 3.63) is 75.4 Å². The van der Waals surface area contributed by atoms with Gasteiger partial charge in [0.25, 0.3) is 5.69 Å². The molecule has 3 aliphatic rings. The fourth-order valence-electron chi connectivity index (χ4n) is 4.73. The summed E-state index contributed by atoms with van der Waals surface area (Å²) < 4.78 is 6.21. The van der Waals surface area contributed by atoms with Gasteiger partial charge in [0.15, 0.2) is 5.78 Å². The number of nitrogens with zero attached hydrogens (tertiary/aromatic N) is 4. The van der Waals surface area contributed by atoms with Gasteiger partial charge < -0.3 is 9.64 Å². The van der Waals surface area contributed by atoms with E-state index in [0.717, 1.165) is 24.5 Å². The molecule has 1 unspecified atom stereocenters. The Hall–Kier alpha value is -3.23. The average molecular weight is 420 g/mol. The summed E-state index contributed by atoms with van der Waals surface area (Å²) in [5, 5.41) is 15.9. The molecule has 3 aliphatic heterocycles. The zero-order valence-electron chi connectivity index (χ0n) is 17.7. The first kappa shape index (κ1) is 19.7. The highest BCUT2D eigenvalue weighted by Gasteiger charge is 2.48. The van der Waals surface area contributed by atoms with Gasteiger partial charge in [0.2, 0.25) is 0 Å². The molecular formula is C23H24N4O4. The van der Waals surface area contributed by atoms with E-state index in [1.54, 1.807) is 13.0 Å². The second kappa shape index (κ2) is 6.90. The van der Waals surface area contributed by atoms with Crippen molar-refractivity contribution in [1.29, 1.82) is 0 Å². The van der Waals surface area contributed by atoms with Gasteiger partial charge in [-0.1, -0.05) is 6.08 Å². The lowest BCUT2D eigenvalue weighted by molar-refractivity contribution is -0.385. The molecule has 2 aromatic rings. The second-order valence-electron chi connectivity index (χ2n) is 8.71. The van der Waals surface area contributed by atoms with Gasteiger partial charge in [0.05, 0.1) is 30.4 Å². The molecule has 8 nitrogen and oxygen atoms in total. The van der Waals surface area contributed by atoms with Crippen molar-refractivity contribution in [3.63, 3.8) is 0 Å². The number of nitro groups is 1. The van der Waals surface area contributed by atoms with Crippen LogP contribution in [-0.2, 0) is 0 Å². The molecule has 0 N–H and O–H groups in total. The fourth-order valence-corrected chi connectivity index (χ4v) is 4.73. The summed E-state index contributed by atoms with van der Waals surface area (Å²) in [6, 6.07) is 12.5. The van der Waals surface area contributed by atoms with Crippen molar-refractivity contribution in [1.82, 2.24) is 10.0 Å². The van der Waals surface area contributed by atoms with Gasteiger partial charge in [-0.15, -0.1) is 0 Å². The Kier molecular flexibility index (Phi) is 4.39. The number of nitro benzene ring substituents is 1. The number of fused-ring (bicyclic) bond motifs is 5. The maximum absolute atomic E-state index is 11.6. The quantitative estimate of drug-likeness (QED) is 0.322. The van der Waals surface area contributed by atoms with Gasteiger partial charge in [-0.25, -0.2) is 10.0 Å². The minimum Gasteiger partial charge on any atom is -0.483 e. The van der Waals surface area contributed by atoms with Crippen molar-refractivity contribution in [3.8, 4) is 5.75 Å². The van der Waals surface area contributed by atoms with Crippen molar-refractivity contribution in [2.45, 2.75) is 32.4 Å². The van der Waals surface area contributed by atoms with E-state index in [4.69, 9.17) is 4.74 Å². The molecule has 160 valence electrons. The molecule has 3 heterocycles. The number of carbonyl (C=O) groups excluding carboxylic acids is 1. The molecule has 0 amide bonds. The van der Waals surface area contributed by atoms with Gasteiger partial charge in [-0.3, -0.25) is 14.9 Å². The number of anilines is 1. The summed E-state index contributed by atoms with van der Waals surface area (Å²) in [6.45, 7) is 7.76. The highest BCUT2D eigenvalue weighted by molar-refractivity contribution is 5.94. The van der Waals surface area contributed by atoms with Gasteiger partial charge in [-0.05, 0) is 56.7 Å². The Bertz CT molecular complexity index is 1110. The third-order valence-corrected chi connectivity index (χ3v) is 6.33. The summed E-state index contributed by atoms with van der Waals surface area (Å²) in [7, 11) is 0. The predicted octanol–water partition coefficient (Wildman–Crippen LogP) is 3.90. The van der Waals surface area contributed by atoms with E-state index in [0.29, 0.717) is 18.0 Å². The Balaban J connectivity index is 1.50. The maximum Gasteiger partial charge on any atom is 0.273 e. The predicted molar refractivity (Wildman–Crippen MR) is 116 cm³/mol. The minimum atomic E-state index is -0.560. The largest absolute Gasteiger partial charge is 0.483 e. The van der Waals surface area contributed by atoms with Gasteiger partial charge in [0, 0.05) is 29.4 Å². The van der Waals surface area contributed by atoms with Crippen LogP contribution in [0.4, 0.5) is 11.4 Å². The normalized spacial score (nSPS) is 22.1. The van der Waals surface area contributed by atoms with Crippen LogP contribution in [-0.4, -0.2) is 46.2 Å². The molecule has 0 spiro atoms. The lowest BCUT2D eigenvalue weighted by Crippen LogP contribution is -2.51. The number of ether oxygens (including phenoxy) is 1. The van der Waals surface area contributed by atoms with Crippen molar-refractivity contribution in [2.75, 3.05) is 24.8 Å². The summed E-state index contributed by atoms with van der Waals surface area (Å²) in [6.07, 6.45) is 2.22. The Morgan fingerprint density at radius 2 is 1.90 bits per heavy atom. The van der Waals surface area contributed by atoms with E-state index in [-0.39, 0.29) is 17.5 Å². The summed E-state index contributed by atoms with van der Waals surface area (Å²) >= 11 is 0. The Morgan fingerprint density at radius 1 is 1.16 bits per heavy atom. The molecule has 1 saturated heterocycles. The van der Waals surface area contributed by atoms with Crippen LogP contribution >= 0.6 is 0 Å². The van der Waals surface area contributed by atoms with Crippen molar-refractivity contribution >= 4 is 17.2 Å². The van der Waals surface area contributed by atoms with Crippen molar-refractivity contribution in [2.24, 2.45) is 0 Å². The van der Waals surface area contributed by atoms with Gasteiger partial charge in [0.1, 0.15) is 11.4 Å². The second-order valence-corrected chi connectivity index (χ2v) is 8.71. The van der Waals surface area contributed by atoms with E-state index in [2.05, 4.69) is 21.0 Å². The van der Waals surface area contributed by atoms with Crippen LogP contribution in [0.15, 0.2) is 54.1 Å². The lowest BCUT2D eigenvalue weighted by atomic mass is 9.82. The molecule has 0 radical (unpaired) electrons. The van der Waals surface area contributed by atoms with E-state index < -0.39 is 10.5 Å². The third kappa shape index (κ3) is 3.19. The van der Waals surface area contributed by atoms with E-state index in [1.807, 2.05) is 44.2 Å². The molecule has 8 heteroatoms. The summed E-state index contributed by atoms with van der Waals surface area (Å²) in [5.74, 6) is 0.616. The number of hydrogen-bond acceptors (Lipinski definition) is 7. The zero-order valence-corrected chi connectivity index (χ0v) is 17.7. The SMILES string of the molecule is CC(=O)c1ccc(N2CN3CC=C4C(c5ccc([N+](=O)[O-])cc5OC4(C)C)N3C2)cc1. The van der Waals surface area contributed by atoms with Crippen LogP contribution in [0.2, 0.25) is 0 Å². The van der Waals surface area contributed by atoms with Crippen LogP contribution in [0.3, 0.4) is 0 Å². The van der Waals surface area contributed by atoms with Crippen LogP contribution in [0, 0.1) is 10.1 Å². The van der Waals surface area contributed by atoms with Crippen LogP contribution in [0.25, 0.3) is 0 Å². The first-order chi connectivity index (χ1) is 14.7. The molecule has 0 saturated carbocycles. The molecule has 2 aromatic carbocycles. The monoisotopic (exact) mass is 420 g/mol. The number of Topliss-reactive ketones (excluding diaryl/α,β-unsaturated/α-hetero) is 1. The molecule has 31 heavy (non-hydrogen) atoms. The topological polar surface area (TPSA) is 79.2 Å².